The minimum Gasteiger partial charge on any atom is -0.385 e. The van der Waals surface area contributed by atoms with E-state index in [-0.39, 0.29) is 17.7 Å². The van der Waals surface area contributed by atoms with Gasteiger partial charge in [-0.25, -0.2) is 0 Å². The van der Waals surface area contributed by atoms with E-state index in [4.69, 9.17) is 5.41 Å². The highest BCUT2D eigenvalue weighted by Crippen LogP contribution is 2.14. The summed E-state index contributed by atoms with van der Waals surface area (Å²) in [5.74, 6) is -0.320. The molecule has 0 spiro atoms. The molecule has 0 heterocycles. The van der Waals surface area contributed by atoms with Crippen molar-refractivity contribution in [2.24, 2.45) is 0 Å². The fraction of sp³-hybridized carbons (Fsp3) is 0.529. The molecule has 0 aromatic rings. The Morgan fingerprint density at radius 3 is 2.82 bits per heavy atom. The number of nitrogens with one attached hydrogen (secondary N) is 4. The zero-order chi connectivity index (χ0) is 16.4. The van der Waals surface area contributed by atoms with Gasteiger partial charge in [-0.1, -0.05) is 37.6 Å². The number of carbonyl (C=O) groups is 1. The second-order valence-electron chi connectivity index (χ2n) is 5.28. The Kier molecular flexibility index (Phi) is 8.22. The van der Waals surface area contributed by atoms with Crippen LogP contribution in [0.25, 0.3) is 0 Å². The molecule has 0 fully saturated rings. The average Bonchev–Trinajstić information content (AvgIpc) is 2.73. The second-order valence-corrected chi connectivity index (χ2v) is 5.28. The predicted octanol–water partition coefficient (Wildman–Crippen LogP) is 1.89. The maximum Gasteiger partial charge on any atom is 0.270 e. The predicted molar refractivity (Wildman–Crippen MR) is 92.1 cm³/mol. The van der Waals surface area contributed by atoms with Crippen molar-refractivity contribution in [1.29, 1.82) is 5.41 Å². The monoisotopic (exact) mass is 304 g/mol. The summed E-state index contributed by atoms with van der Waals surface area (Å²) in [6, 6.07) is 0.0522. The van der Waals surface area contributed by atoms with Crippen LogP contribution in [0.3, 0.4) is 0 Å². The van der Waals surface area contributed by atoms with Crippen LogP contribution in [0.5, 0.6) is 0 Å². The van der Waals surface area contributed by atoms with Crippen LogP contribution < -0.4 is 16.0 Å². The highest BCUT2D eigenvalue weighted by Gasteiger charge is 2.20. The van der Waals surface area contributed by atoms with Gasteiger partial charge in [-0.15, -0.1) is 0 Å². The summed E-state index contributed by atoms with van der Waals surface area (Å²) in [7, 11) is 1.87. The van der Waals surface area contributed by atoms with Gasteiger partial charge in [-0.05, 0) is 26.8 Å². The molecule has 1 unspecified atom stereocenters. The average molecular weight is 304 g/mol. The minimum absolute atomic E-state index is 0.0101. The van der Waals surface area contributed by atoms with Gasteiger partial charge >= 0.3 is 0 Å². The maximum atomic E-state index is 12.4. The molecule has 0 saturated carbocycles. The van der Waals surface area contributed by atoms with Crippen LogP contribution in [0.2, 0.25) is 0 Å². The molecular weight excluding hydrogens is 276 g/mol. The molecule has 0 aromatic heterocycles. The molecule has 0 saturated heterocycles. The molecule has 0 radical (unpaired) electrons. The Hall–Kier alpha value is -1.88. The third-order valence-corrected chi connectivity index (χ3v) is 3.43. The lowest BCUT2D eigenvalue weighted by molar-refractivity contribution is -0.115. The van der Waals surface area contributed by atoms with Crippen molar-refractivity contribution in [3.05, 3.63) is 35.6 Å². The van der Waals surface area contributed by atoms with Gasteiger partial charge in [-0.2, -0.15) is 0 Å². The van der Waals surface area contributed by atoms with Crippen molar-refractivity contribution in [1.82, 2.24) is 16.0 Å². The lowest BCUT2D eigenvalue weighted by Crippen LogP contribution is -2.44. The molecule has 0 aromatic carbocycles. The third kappa shape index (κ3) is 5.48. The largest absolute Gasteiger partial charge is 0.385 e. The zero-order valence-corrected chi connectivity index (χ0v) is 13.8. The van der Waals surface area contributed by atoms with E-state index in [1.165, 1.54) is 0 Å². The first-order chi connectivity index (χ1) is 10.6. The fourth-order valence-electron chi connectivity index (χ4n) is 2.40. The van der Waals surface area contributed by atoms with E-state index in [1.54, 1.807) is 0 Å². The molecule has 1 aliphatic rings. The molecule has 5 heteroatoms. The summed E-state index contributed by atoms with van der Waals surface area (Å²) in [4.78, 5) is 12.4. The second kappa shape index (κ2) is 9.95. The van der Waals surface area contributed by atoms with Crippen molar-refractivity contribution in [3.63, 3.8) is 0 Å². The zero-order valence-electron chi connectivity index (χ0n) is 13.8. The summed E-state index contributed by atoms with van der Waals surface area (Å²) < 4.78 is 0. The molecule has 4 N–H and O–H groups in total. The molecule has 122 valence electrons. The Bertz CT molecular complexity index is 471. The third-order valence-electron chi connectivity index (χ3n) is 3.43. The normalized spacial score (nSPS) is 15.4. The molecule has 1 aliphatic carbocycles. The van der Waals surface area contributed by atoms with Crippen molar-refractivity contribution < 1.29 is 4.79 Å². The van der Waals surface area contributed by atoms with Crippen LogP contribution in [0.1, 0.15) is 33.1 Å². The first kappa shape index (κ1) is 18.2. The first-order valence-electron chi connectivity index (χ1n) is 7.99. The molecule has 1 amide bonds. The van der Waals surface area contributed by atoms with Crippen LogP contribution in [0.4, 0.5) is 0 Å². The van der Waals surface area contributed by atoms with E-state index >= 15 is 0 Å². The van der Waals surface area contributed by atoms with Crippen molar-refractivity contribution in [2.75, 3.05) is 20.1 Å². The number of rotatable bonds is 9. The van der Waals surface area contributed by atoms with E-state index < -0.39 is 0 Å². The lowest BCUT2D eigenvalue weighted by atomic mass is 10.0. The summed E-state index contributed by atoms with van der Waals surface area (Å²) in [6.07, 6.45) is 10.4. The van der Waals surface area contributed by atoms with Crippen LogP contribution in [0, 0.1) is 5.41 Å². The molecule has 5 nitrogen and oxygen atoms in total. The molecule has 1 atom stereocenters. The van der Waals surface area contributed by atoms with E-state index in [1.807, 2.05) is 38.3 Å². The summed E-state index contributed by atoms with van der Waals surface area (Å²) in [5, 5.41) is 17.5. The number of likely N-dealkylation sites (N-methyl/N-ethyl adjacent to an activating group) is 2. The van der Waals surface area contributed by atoms with E-state index in [0.29, 0.717) is 12.1 Å². The smallest absolute Gasteiger partial charge is 0.270 e. The van der Waals surface area contributed by atoms with Crippen molar-refractivity contribution in [2.45, 2.75) is 39.2 Å². The van der Waals surface area contributed by atoms with Gasteiger partial charge in [0.25, 0.3) is 5.91 Å². The van der Waals surface area contributed by atoms with Crippen LogP contribution in [-0.2, 0) is 4.79 Å². The topological polar surface area (TPSA) is 77.0 Å². The van der Waals surface area contributed by atoms with E-state index in [0.717, 1.165) is 31.5 Å². The van der Waals surface area contributed by atoms with Gasteiger partial charge in [0.2, 0.25) is 0 Å². The molecule has 1 rings (SSSR count). The Morgan fingerprint density at radius 2 is 2.18 bits per heavy atom. The number of hydrogen-bond acceptors (Lipinski definition) is 4. The SMILES string of the molecule is CCCC(CNC)NC(=O)C(=N)C1=CC=CCC=C1NCC. The standard InChI is InChI=1S/C17H28N4O/c1-4-9-13(12-19-3)21-17(22)16(18)14-10-7-6-8-11-15(14)20-5-2/h6-7,10-11,13,18-20H,4-5,8-9,12H2,1-3H3,(H,21,22). The summed E-state index contributed by atoms with van der Waals surface area (Å²) in [5.41, 5.74) is 1.51. The fourth-order valence-corrected chi connectivity index (χ4v) is 2.40. The van der Waals surface area contributed by atoms with Gasteiger partial charge in [-0.3, -0.25) is 10.2 Å². The van der Waals surface area contributed by atoms with Gasteiger partial charge < -0.3 is 16.0 Å². The summed E-state index contributed by atoms with van der Waals surface area (Å²) in [6.45, 7) is 5.56. The van der Waals surface area contributed by atoms with E-state index in [9.17, 15) is 4.79 Å². The van der Waals surface area contributed by atoms with Crippen LogP contribution in [0.15, 0.2) is 35.6 Å². The number of allylic oxidation sites excluding steroid dienone is 5. The van der Waals surface area contributed by atoms with Crippen LogP contribution >= 0.6 is 0 Å². The van der Waals surface area contributed by atoms with Gasteiger partial charge in [0.15, 0.2) is 0 Å². The van der Waals surface area contributed by atoms with Crippen molar-refractivity contribution >= 4 is 11.6 Å². The number of amides is 1. The van der Waals surface area contributed by atoms with E-state index in [2.05, 4.69) is 22.9 Å². The first-order valence-corrected chi connectivity index (χ1v) is 7.99. The highest BCUT2D eigenvalue weighted by molar-refractivity contribution is 6.45. The number of hydrogen-bond donors (Lipinski definition) is 4. The van der Waals surface area contributed by atoms with Gasteiger partial charge in [0.05, 0.1) is 0 Å². The summed E-state index contributed by atoms with van der Waals surface area (Å²) >= 11 is 0. The Labute approximate surface area is 133 Å². The quantitative estimate of drug-likeness (QED) is 0.491. The highest BCUT2D eigenvalue weighted by atomic mass is 16.1. The lowest BCUT2D eigenvalue weighted by Gasteiger charge is -2.19. The van der Waals surface area contributed by atoms with Gasteiger partial charge in [0.1, 0.15) is 5.71 Å². The molecule has 0 bridgehead atoms. The molecular formula is C17H28N4O. The maximum absolute atomic E-state index is 12.4. The Morgan fingerprint density at radius 1 is 1.41 bits per heavy atom. The van der Waals surface area contributed by atoms with Crippen molar-refractivity contribution in [3.8, 4) is 0 Å². The number of carbonyl (C=O) groups excluding carboxylic acids is 1. The van der Waals surface area contributed by atoms with Gasteiger partial charge in [0, 0.05) is 30.4 Å². The molecule has 0 aliphatic heterocycles. The minimum atomic E-state index is -0.320. The van der Waals surface area contributed by atoms with Crippen LogP contribution in [-0.4, -0.2) is 37.8 Å². The Balaban J connectivity index is 2.81. The molecule has 22 heavy (non-hydrogen) atoms.